The van der Waals surface area contributed by atoms with Crippen molar-refractivity contribution in [3.63, 3.8) is 0 Å². The highest BCUT2D eigenvalue weighted by molar-refractivity contribution is 5.14. The van der Waals surface area contributed by atoms with E-state index < -0.39 is 0 Å². The minimum Gasteiger partial charge on any atom is -0.393 e. The Balaban J connectivity index is 1.45. The standard InChI is InChI=1S/C21H34O2/c1-12-19-18(23-12)11-17-15-5-4-13-10-14(22)6-8-20(13,2)16(15)7-9-21(17,19)3/h12-19,22H,4-11H2,1-3H3/t12-,13-,14-,15+,16-,17-,18-,19-,20-,21-/m0/s1. The van der Waals surface area contributed by atoms with Gasteiger partial charge >= 0.3 is 0 Å². The second-order valence-corrected chi connectivity index (χ2v) is 10.3. The van der Waals surface area contributed by atoms with E-state index in [-0.39, 0.29) is 6.10 Å². The molecule has 0 aromatic carbocycles. The first-order chi connectivity index (χ1) is 10.9. The molecule has 1 aliphatic heterocycles. The van der Waals surface area contributed by atoms with Gasteiger partial charge in [-0.3, -0.25) is 0 Å². The summed E-state index contributed by atoms with van der Waals surface area (Å²) < 4.78 is 6.11. The van der Waals surface area contributed by atoms with Crippen molar-refractivity contribution in [3.05, 3.63) is 0 Å². The van der Waals surface area contributed by atoms with E-state index in [1.807, 2.05) is 0 Å². The SMILES string of the molecule is C[C@@H]1O[C@H]2C[C@H]3[C@@H]4CC[C@H]5C[C@@H](O)CC[C@]5(C)[C@H]4CC[C@]3(C)[C@@H]12. The monoisotopic (exact) mass is 318 g/mol. The first-order valence-electron chi connectivity index (χ1n) is 10.3. The van der Waals surface area contributed by atoms with Gasteiger partial charge in [0.2, 0.25) is 0 Å². The molecule has 0 aromatic rings. The highest BCUT2D eigenvalue weighted by Crippen LogP contribution is 2.69. The highest BCUT2D eigenvalue weighted by atomic mass is 16.5. The summed E-state index contributed by atoms with van der Waals surface area (Å²) in [7, 11) is 0. The van der Waals surface area contributed by atoms with Gasteiger partial charge in [0.1, 0.15) is 0 Å². The number of aliphatic hydroxyl groups is 1. The minimum absolute atomic E-state index is 0.0185. The molecule has 2 heteroatoms. The Morgan fingerprint density at radius 3 is 2.48 bits per heavy atom. The van der Waals surface area contributed by atoms with Crippen molar-refractivity contribution in [2.75, 3.05) is 0 Å². The van der Waals surface area contributed by atoms with E-state index in [0.717, 1.165) is 42.4 Å². The molecule has 0 aromatic heterocycles. The molecule has 5 aliphatic rings. The number of hydrogen-bond acceptors (Lipinski definition) is 2. The van der Waals surface area contributed by atoms with Crippen molar-refractivity contribution < 1.29 is 9.84 Å². The molecule has 0 radical (unpaired) electrons. The van der Waals surface area contributed by atoms with Crippen LogP contribution >= 0.6 is 0 Å². The average molecular weight is 319 g/mol. The van der Waals surface area contributed by atoms with Gasteiger partial charge in [-0.15, -0.1) is 0 Å². The normalized spacial score (nSPS) is 64.2. The van der Waals surface area contributed by atoms with Crippen LogP contribution in [0.3, 0.4) is 0 Å². The fourth-order valence-electron chi connectivity index (χ4n) is 8.51. The Labute approximate surface area is 141 Å². The van der Waals surface area contributed by atoms with E-state index in [1.54, 1.807) is 0 Å². The maximum atomic E-state index is 10.1. The number of ether oxygens (including phenoxy) is 1. The molecule has 5 rings (SSSR count). The van der Waals surface area contributed by atoms with Gasteiger partial charge in [-0.2, -0.15) is 0 Å². The third-order valence-electron chi connectivity index (χ3n) is 9.62. The van der Waals surface area contributed by atoms with Crippen molar-refractivity contribution in [2.45, 2.75) is 90.4 Å². The van der Waals surface area contributed by atoms with Crippen molar-refractivity contribution in [2.24, 2.45) is 40.4 Å². The summed E-state index contributed by atoms with van der Waals surface area (Å²) in [5.41, 5.74) is 1.07. The van der Waals surface area contributed by atoms with E-state index in [9.17, 15) is 5.11 Å². The maximum absolute atomic E-state index is 10.1. The van der Waals surface area contributed by atoms with E-state index in [0.29, 0.717) is 23.0 Å². The Morgan fingerprint density at radius 2 is 1.70 bits per heavy atom. The molecular formula is C21H34O2. The lowest BCUT2D eigenvalue weighted by Crippen LogP contribution is -2.56. The number of rotatable bonds is 0. The van der Waals surface area contributed by atoms with E-state index in [4.69, 9.17) is 4.74 Å². The molecule has 23 heavy (non-hydrogen) atoms. The highest BCUT2D eigenvalue weighted by Gasteiger charge is 2.66. The Kier molecular flexibility index (Phi) is 3.14. The van der Waals surface area contributed by atoms with Crippen LogP contribution in [0.5, 0.6) is 0 Å². The second kappa shape index (κ2) is 4.75. The van der Waals surface area contributed by atoms with Crippen LogP contribution in [0.4, 0.5) is 0 Å². The van der Waals surface area contributed by atoms with Crippen LogP contribution in [-0.4, -0.2) is 23.4 Å². The van der Waals surface area contributed by atoms with Gasteiger partial charge in [-0.25, -0.2) is 0 Å². The average Bonchev–Trinajstić information content (AvgIpc) is 2.74. The third kappa shape index (κ3) is 1.83. The quantitative estimate of drug-likeness (QED) is 0.717. The van der Waals surface area contributed by atoms with Crippen molar-refractivity contribution in [1.82, 2.24) is 0 Å². The maximum Gasteiger partial charge on any atom is 0.0640 e. The number of hydrogen-bond donors (Lipinski definition) is 1. The molecule has 0 amide bonds. The van der Waals surface area contributed by atoms with Gasteiger partial charge in [-0.05, 0) is 92.8 Å². The van der Waals surface area contributed by atoms with E-state index in [2.05, 4.69) is 20.8 Å². The van der Waals surface area contributed by atoms with Crippen LogP contribution in [0.15, 0.2) is 0 Å². The number of fused-ring (bicyclic) bond motifs is 7. The zero-order chi connectivity index (χ0) is 16.0. The summed E-state index contributed by atoms with van der Waals surface area (Å²) >= 11 is 0. The summed E-state index contributed by atoms with van der Waals surface area (Å²) in [5.74, 6) is 4.38. The van der Waals surface area contributed by atoms with E-state index >= 15 is 0 Å². The first-order valence-corrected chi connectivity index (χ1v) is 10.3. The van der Waals surface area contributed by atoms with Crippen LogP contribution < -0.4 is 0 Å². The second-order valence-electron chi connectivity index (χ2n) is 10.3. The third-order valence-corrected chi connectivity index (χ3v) is 9.62. The molecule has 10 atom stereocenters. The summed E-state index contributed by atoms with van der Waals surface area (Å²) in [4.78, 5) is 0. The predicted molar refractivity (Wildman–Crippen MR) is 90.9 cm³/mol. The summed E-state index contributed by atoms with van der Waals surface area (Å²) in [6, 6.07) is 0. The fourth-order valence-corrected chi connectivity index (χ4v) is 8.51. The summed E-state index contributed by atoms with van der Waals surface area (Å²) in [5, 5.41) is 10.1. The summed E-state index contributed by atoms with van der Waals surface area (Å²) in [6.45, 7) is 7.50. The smallest absolute Gasteiger partial charge is 0.0640 e. The molecule has 130 valence electrons. The lowest BCUT2D eigenvalue weighted by Gasteiger charge is -2.61. The van der Waals surface area contributed by atoms with Gasteiger partial charge in [0.15, 0.2) is 0 Å². The molecule has 4 saturated carbocycles. The van der Waals surface area contributed by atoms with Gasteiger partial charge in [0.25, 0.3) is 0 Å². The fraction of sp³-hybridized carbons (Fsp3) is 1.00. The van der Waals surface area contributed by atoms with Gasteiger partial charge in [0.05, 0.1) is 18.3 Å². The molecule has 0 unspecified atom stereocenters. The molecule has 0 bridgehead atoms. The predicted octanol–water partition coefficient (Wildman–Crippen LogP) is 4.40. The lowest BCUT2D eigenvalue weighted by atomic mass is 9.44. The molecular weight excluding hydrogens is 284 g/mol. The molecule has 1 N–H and O–H groups in total. The molecule has 1 heterocycles. The van der Waals surface area contributed by atoms with Crippen LogP contribution in [0.25, 0.3) is 0 Å². The topological polar surface area (TPSA) is 29.5 Å². The number of aliphatic hydroxyl groups excluding tert-OH is 1. The largest absolute Gasteiger partial charge is 0.393 e. The molecule has 4 aliphatic carbocycles. The van der Waals surface area contributed by atoms with Crippen molar-refractivity contribution in [1.29, 1.82) is 0 Å². The zero-order valence-electron chi connectivity index (χ0n) is 15.1. The van der Waals surface area contributed by atoms with Crippen LogP contribution in [0, 0.1) is 40.4 Å². The van der Waals surface area contributed by atoms with Crippen molar-refractivity contribution >= 4 is 0 Å². The minimum atomic E-state index is -0.0185. The zero-order valence-corrected chi connectivity index (χ0v) is 15.1. The Morgan fingerprint density at radius 1 is 0.913 bits per heavy atom. The van der Waals surface area contributed by atoms with Gasteiger partial charge in [-0.1, -0.05) is 13.8 Å². The molecule has 2 nitrogen and oxygen atoms in total. The van der Waals surface area contributed by atoms with Crippen LogP contribution in [-0.2, 0) is 4.74 Å². The first kappa shape index (κ1) is 15.2. The molecule has 0 spiro atoms. The van der Waals surface area contributed by atoms with Gasteiger partial charge in [0, 0.05) is 5.92 Å². The van der Waals surface area contributed by atoms with Gasteiger partial charge < -0.3 is 9.84 Å². The summed E-state index contributed by atoms with van der Waals surface area (Å²) in [6.07, 6.45) is 11.5. The van der Waals surface area contributed by atoms with Crippen molar-refractivity contribution in [3.8, 4) is 0 Å². The van der Waals surface area contributed by atoms with Crippen LogP contribution in [0.2, 0.25) is 0 Å². The Bertz CT molecular complexity index is 504. The Hall–Kier alpha value is -0.0800. The lowest BCUT2D eigenvalue weighted by molar-refractivity contribution is -0.197. The van der Waals surface area contributed by atoms with E-state index in [1.165, 1.54) is 38.5 Å². The van der Waals surface area contributed by atoms with Crippen LogP contribution in [0.1, 0.15) is 72.1 Å². The molecule has 5 fully saturated rings. The molecule has 1 saturated heterocycles.